The van der Waals surface area contributed by atoms with Gasteiger partial charge in [-0.2, -0.15) is 4.21 Å². The fourth-order valence-electron chi connectivity index (χ4n) is 0.812. The maximum Gasteiger partial charge on any atom is 0.418 e. The fraction of sp³-hybridized carbons (Fsp3) is 0. The minimum atomic E-state index is -1.79. The van der Waals surface area contributed by atoms with E-state index in [0.29, 0.717) is 5.75 Å². The Morgan fingerprint density at radius 1 is 1.36 bits per heavy atom. The van der Waals surface area contributed by atoms with Crippen molar-refractivity contribution in [2.24, 2.45) is 0 Å². The third-order valence-corrected chi connectivity index (χ3v) is 1.89. The fourth-order valence-corrected chi connectivity index (χ4v) is 1.43. The Balaban J connectivity index is 2.57. The van der Waals surface area contributed by atoms with Crippen LogP contribution in [0.4, 0.5) is 0 Å². The van der Waals surface area contributed by atoms with Crippen LogP contribution in [-0.2, 0) is 11.4 Å². The third-order valence-electron chi connectivity index (χ3n) is 1.27. The molecule has 1 aliphatic rings. The molecule has 4 nitrogen and oxygen atoms in total. The van der Waals surface area contributed by atoms with Crippen LogP contribution >= 0.6 is 0 Å². The van der Waals surface area contributed by atoms with E-state index in [4.69, 9.17) is 5.11 Å². The van der Waals surface area contributed by atoms with Crippen LogP contribution in [-0.4, -0.2) is 9.32 Å². The number of benzene rings is 1. The second-order valence-corrected chi connectivity index (χ2v) is 2.72. The van der Waals surface area contributed by atoms with Crippen LogP contribution in [0.5, 0.6) is 17.2 Å². The van der Waals surface area contributed by atoms with E-state index in [0.717, 1.165) is 0 Å². The molecule has 1 atom stereocenters. The van der Waals surface area contributed by atoms with Crippen LogP contribution in [0.15, 0.2) is 18.2 Å². The van der Waals surface area contributed by atoms with Crippen LogP contribution in [0, 0.1) is 0 Å². The number of rotatable bonds is 0. The zero-order valence-electron chi connectivity index (χ0n) is 5.31. The molecule has 0 saturated carbocycles. The lowest BCUT2D eigenvalue weighted by molar-refractivity contribution is 0.447. The molecule has 0 fully saturated rings. The minimum absolute atomic E-state index is 0.0617. The molecule has 1 heterocycles. The number of hydrogen-bond acceptors (Lipinski definition) is 4. The van der Waals surface area contributed by atoms with Crippen molar-refractivity contribution in [1.82, 2.24) is 0 Å². The highest BCUT2D eigenvalue weighted by Crippen LogP contribution is 2.40. The predicted molar refractivity (Wildman–Crippen MR) is 37.5 cm³/mol. The average molecular weight is 172 g/mol. The topological polar surface area (TPSA) is 55.8 Å². The molecular formula is C6H4O4S. The van der Waals surface area contributed by atoms with Gasteiger partial charge in [0.05, 0.1) is 0 Å². The first-order valence-electron chi connectivity index (χ1n) is 2.88. The van der Waals surface area contributed by atoms with Gasteiger partial charge in [0.25, 0.3) is 0 Å². The number of phenolic OH excluding ortho intramolecular Hbond substituents is 1. The van der Waals surface area contributed by atoms with E-state index >= 15 is 0 Å². The summed E-state index contributed by atoms with van der Waals surface area (Å²) in [5.74, 6) is 0.391. The Hall–Kier alpha value is -1.23. The predicted octanol–water partition coefficient (Wildman–Crippen LogP) is 0.742. The quantitative estimate of drug-likeness (QED) is 0.627. The smallest absolute Gasteiger partial charge is 0.418 e. The van der Waals surface area contributed by atoms with Crippen molar-refractivity contribution in [3.8, 4) is 17.2 Å². The van der Waals surface area contributed by atoms with Gasteiger partial charge in [-0.3, -0.25) is 0 Å². The highest BCUT2D eigenvalue weighted by molar-refractivity contribution is 7.76. The molecule has 0 spiro atoms. The Kier molecular flexibility index (Phi) is 1.25. The summed E-state index contributed by atoms with van der Waals surface area (Å²) in [5.41, 5.74) is 0. The molecule has 0 saturated heterocycles. The average Bonchev–Trinajstić information content (AvgIpc) is 2.31. The van der Waals surface area contributed by atoms with Gasteiger partial charge in [0.2, 0.25) is 5.75 Å². The number of hydrogen-bond donors (Lipinski definition) is 1. The maximum atomic E-state index is 10.6. The first-order chi connectivity index (χ1) is 5.27. The summed E-state index contributed by atoms with van der Waals surface area (Å²) in [6.07, 6.45) is 0. The van der Waals surface area contributed by atoms with Crippen LogP contribution in [0.1, 0.15) is 0 Å². The summed E-state index contributed by atoms with van der Waals surface area (Å²) in [6, 6.07) is 4.59. The van der Waals surface area contributed by atoms with E-state index in [1.165, 1.54) is 6.07 Å². The van der Waals surface area contributed by atoms with Crippen molar-refractivity contribution in [1.29, 1.82) is 0 Å². The monoisotopic (exact) mass is 172 g/mol. The second kappa shape index (κ2) is 2.13. The largest absolute Gasteiger partial charge is 0.504 e. The second-order valence-electron chi connectivity index (χ2n) is 1.98. The normalized spacial score (nSPS) is 20.2. The zero-order chi connectivity index (χ0) is 7.84. The van der Waals surface area contributed by atoms with Gasteiger partial charge in [0.1, 0.15) is 0 Å². The molecule has 0 radical (unpaired) electrons. The maximum absolute atomic E-state index is 10.6. The van der Waals surface area contributed by atoms with E-state index in [1.54, 1.807) is 12.1 Å². The molecule has 0 aromatic heterocycles. The molecule has 5 heteroatoms. The van der Waals surface area contributed by atoms with Crippen molar-refractivity contribution in [2.45, 2.75) is 0 Å². The van der Waals surface area contributed by atoms with Crippen molar-refractivity contribution in [2.75, 3.05) is 0 Å². The van der Waals surface area contributed by atoms with Gasteiger partial charge < -0.3 is 13.5 Å². The first-order valence-corrected chi connectivity index (χ1v) is 3.88. The summed E-state index contributed by atoms with van der Waals surface area (Å²) >= 11 is -1.79. The standard InChI is InChI=1S/C6H4O4S/c7-4-2-1-3-5-6(4)10-11(8)9-5/h1-3,7H. The molecule has 0 aliphatic carbocycles. The van der Waals surface area contributed by atoms with E-state index in [1.807, 2.05) is 0 Å². The molecule has 0 bridgehead atoms. The number of aromatic hydroxyl groups is 1. The van der Waals surface area contributed by atoms with E-state index in [2.05, 4.69) is 8.37 Å². The van der Waals surface area contributed by atoms with Crippen LogP contribution in [0.25, 0.3) is 0 Å². The van der Waals surface area contributed by atoms with Gasteiger partial charge >= 0.3 is 11.4 Å². The molecule has 11 heavy (non-hydrogen) atoms. The molecule has 1 aromatic rings. The summed E-state index contributed by atoms with van der Waals surface area (Å²) in [7, 11) is 0. The molecule has 1 N–H and O–H groups in total. The number of para-hydroxylation sites is 1. The molecule has 0 amide bonds. The summed E-state index contributed by atoms with van der Waals surface area (Å²) in [6.45, 7) is 0. The lowest BCUT2D eigenvalue weighted by atomic mass is 10.3. The minimum Gasteiger partial charge on any atom is -0.504 e. The molecular weight excluding hydrogens is 168 g/mol. The Morgan fingerprint density at radius 3 is 2.91 bits per heavy atom. The van der Waals surface area contributed by atoms with E-state index in [9.17, 15) is 4.21 Å². The van der Waals surface area contributed by atoms with Crippen LogP contribution < -0.4 is 8.37 Å². The van der Waals surface area contributed by atoms with E-state index < -0.39 is 11.4 Å². The van der Waals surface area contributed by atoms with Gasteiger partial charge in [-0.05, 0) is 12.1 Å². The highest BCUT2D eigenvalue weighted by Gasteiger charge is 2.23. The number of phenols is 1. The third kappa shape index (κ3) is 0.932. The van der Waals surface area contributed by atoms with Gasteiger partial charge in [0.15, 0.2) is 11.5 Å². The molecule has 1 unspecified atom stereocenters. The van der Waals surface area contributed by atoms with E-state index in [-0.39, 0.29) is 11.5 Å². The molecule has 1 aromatic carbocycles. The summed E-state index contributed by atoms with van der Waals surface area (Å²) < 4.78 is 19.9. The summed E-state index contributed by atoms with van der Waals surface area (Å²) in [5, 5.41) is 9.11. The Bertz CT molecular complexity index is 322. The lowest BCUT2D eigenvalue weighted by Crippen LogP contribution is -1.96. The Morgan fingerprint density at radius 2 is 2.18 bits per heavy atom. The molecule has 1 aliphatic heterocycles. The van der Waals surface area contributed by atoms with Gasteiger partial charge in [-0.1, -0.05) is 6.07 Å². The van der Waals surface area contributed by atoms with Crippen molar-refractivity contribution in [3.05, 3.63) is 18.2 Å². The zero-order valence-corrected chi connectivity index (χ0v) is 6.13. The highest BCUT2D eigenvalue weighted by atomic mass is 32.2. The SMILES string of the molecule is O=S1Oc2cccc(O)c2O1. The summed E-state index contributed by atoms with van der Waals surface area (Å²) in [4.78, 5) is 0. The van der Waals surface area contributed by atoms with Gasteiger partial charge in [-0.25, -0.2) is 0 Å². The van der Waals surface area contributed by atoms with Gasteiger partial charge in [0, 0.05) is 0 Å². The molecule has 2 rings (SSSR count). The van der Waals surface area contributed by atoms with Crippen molar-refractivity contribution in [3.63, 3.8) is 0 Å². The van der Waals surface area contributed by atoms with Gasteiger partial charge in [-0.15, -0.1) is 0 Å². The van der Waals surface area contributed by atoms with Crippen molar-refractivity contribution < 1.29 is 17.7 Å². The number of fused-ring (bicyclic) bond motifs is 1. The van der Waals surface area contributed by atoms with Crippen LogP contribution in [0.2, 0.25) is 0 Å². The first kappa shape index (κ1) is 6.48. The molecule has 58 valence electrons. The lowest BCUT2D eigenvalue weighted by Gasteiger charge is -1.93. The van der Waals surface area contributed by atoms with Crippen molar-refractivity contribution >= 4 is 11.4 Å². The van der Waals surface area contributed by atoms with Crippen LogP contribution in [0.3, 0.4) is 0 Å². The Labute approximate surface area is 65.2 Å².